The summed E-state index contributed by atoms with van der Waals surface area (Å²) >= 11 is 0. The fraction of sp³-hybridized carbons (Fsp3) is 0.241. The third-order valence-electron chi connectivity index (χ3n) is 20.8. The van der Waals surface area contributed by atoms with Crippen molar-refractivity contribution in [3.05, 3.63) is 248 Å². The number of fused-ring (bicyclic) bond motifs is 15. The van der Waals surface area contributed by atoms with Gasteiger partial charge in [-0.25, -0.2) is 0 Å². The van der Waals surface area contributed by atoms with Gasteiger partial charge in [-0.3, -0.25) is 0 Å². The van der Waals surface area contributed by atoms with Crippen LogP contribution in [0.15, 0.2) is 170 Å². The molecule has 0 saturated carbocycles. The molecule has 0 fully saturated rings. The predicted octanol–water partition coefficient (Wildman–Crippen LogP) is 21.1. The molecule has 0 radical (unpaired) electrons. The fourth-order valence-corrected chi connectivity index (χ4v) is 16.1. The van der Waals surface area contributed by atoms with Crippen LogP contribution in [0, 0.1) is 27.7 Å². The minimum Gasteiger partial charge on any atom is -0.0619 e. The van der Waals surface area contributed by atoms with Crippen LogP contribution in [0.3, 0.4) is 0 Å². The normalized spacial score (nSPS) is 16.7. The molecule has 386 valence electrons. The Labute approximate surface area is 469 Å². The molecule has 15 rings (SSSR count). The monoisotopic (exact) mass is 1020 g/mol. The first-order valence-electron chi connectivity index (χ1n) is 29.0. The maximum absolute atomic E-state index is 2.54. The highest BCUT2D eigenvalue weighted by Crippen LogP contribution is 2.58. The van der Waals surface area contributed by atoms with Gasteiger partial charge in [-0.15, -0.1) is 0 Å². The van der Waals surface area contributed by atoms with Gasteiger partial charge in [0.15, 0.2) is 0 Å². The number of aryl methyl sites for hydroxylation is 4. The number of hydrogen-bond acceptors (Lipinski definition) is 0. The second kappa shape index (κ2) is 15.7. The Morgan fingerprint density at radius 2 is 0.380 bits per heavy atom. The van der Waals surface area contributed by atoms with Crippen LogP contribution in [-0.4, -0.2) is 0 Å². The molecule has 5 aliphatic rings. The zero-order valence-corrected chi connectivity index (χ0v) is 48.7. The third kappa shape index (κ3) is 6.38. The van der Waals surface area contributed by atoms with Crippen LogP contribution in [0.1, 0.15) is 147 Å². The Morgan fingerprint density at radius 1 is 0.177 bits per heavy atom. The second-order valence-electron chi connectivity index (χ2n) is 27.1. The van der Waals surface area contributed by atoms with Crippen LogP contribution >= 0.6 is 0 Å². The van der Waals surface area contributed by atoms with Crippen LogP contribution in [0.4, 0.5) is 0 Å². The summed E-state index contributed by atoms with van der Waals surface area (Å²) in [5.41, 5.74) is 43.2. The zero-order valence-electron chi connectivity index (χ0n) is 48.7. The maximum atomic E-state index is 2.54. The largest absolute Gasteiger partial charge is 0.0619 e. The summed E-state index contributed by atoms with van der Waals surface area (Å²) in [4.78, 5) is 0. The van der Waals surface area contributed by atoms with Crippen molar-refractivity contribution < 1.29 is 0 Å². The first-order chi connectivity index (χ1) is 37.6. The first kappa shape index (κ1) is 48.3. The van der Waals surface area contributed by atoms with Crippen molar-refractivity contribution in [2.45, 2.75) is 124 Å². The van der Waals surface area contributed by atoms with Crippen molar-refractivity contribution >= 4 is 0 Å². The van der Waals surface area contributed by atoms with Gasteiger partial charge in [0, 0.05) is 27.1 Å². The van der Waals surface area contributed by atoms with Crippen LogP contribution in [0.25, 0.3) is 100 Å². The minimum atomic E-state index is -0.178. The molecule has 0 amide bonds. The number of rotatable bonds is 4. The van der Waals surface area contributed by atoms with Crippen molar-refractivity contribution in [3.8, 4) is 100 Å². The van der Waals surface area contributed by atoms with Crippen molar-refractivity contribution in [2.24, 2.45) is 0 Å². The zero-order chi connectivity index (χ0) is 54.8. The molecule has 0 nitrogen and oxygen atoms in total. The molecule has 79 heavy (non-hydrogen) atoms. The molecule has 5 aliphatic carbocycles. The topological polar surface area (TPSA) is 0 Å². The highest BCUT2D eigenvalue weighted by atomic mass is 14.5. The van der Waals surface area contributed by atoms with E-state index in [-0.39, 0.29) is 27.1 Å². The van der Waals surface area contributed by atoms with Crippen LogP contribution in [-0.2, 0) is 27.1 Å². The summed E-state index contributed by atoms with van der Waals surface area (Å²) in [7, 11) is 0. The number of hydrogen-bond donors (Lipinski definition) is 0. The molecule has 0 heteroatoms. The molecule has 10 aromatic rings. The standard InChI is InChI=1S/C79H70/c1-43-31-61-51-19-15-17-21-65(51)75(5,6)71(61)39-57(43)47-23-27-53-55-29-25-49(37-69(55)77(9,10)67(53)35-47)59-41-73-63(33-45(59)3)64-34-46(4)60(42-74(64)79(73,13)14)50-26-30-56-54-28-24-48(36-68(54)78(11,12)70(56)38-50)58-40-72-62(32-44(58)2)52-20-16-18-22-66(52)76(72,7)8/h15-42H,1-14H3. The molecular weight excluding hydrogens is 949 g/mol. The molecule has 0 spiro atoms. The van der Waals surface area contributed by atoms with E-state index in [4.69, 9.17) is 0 Å². The maximum Gasteiger partial charge on any atom is 0.0159 e. The quantitative estimate of drug-likeness (QED) is 0.165. The first-order valence-corrected chi connectivity index (χ1v) is 29.0. The summed E-state index contributed by atoms with van der Waals surface area (Å²) in [6.45, 7) is 33.4. The SMILES string of the molecule is Cc1cc2c(cc1-c1ccc3c(c1)C(C)(C)c1cc(-c4cc5c(cc4C)-c4cc(C)c(-c6ccc7c(c6)C(C)(C)c6cc(-c8cc9c(cc8C)-c8ccccc8C9(C)C)ccc6-7)cc4C5(C)C)ccc1-3)C(C)(C)c1ccccc1-2. The smallest absolute Gasteiger partial charge is 0.0159 e. The van der Waals surface area contributed by atoms with Gasteiger partial charge >= 0.3 is 0 Å². The summed E-state index contributed by atoms with van der Waals surface area (Å²) in [6, 6.07) is 67.0. The highest BCUT2D eigenvalue weighted by Gasteiger charge is 2.42. The lowest BCUT2D eigenvalue weighted by atomic mass is 9.78. The van der Waals surface area contributed by atoms with E-state index in [1.54, 1.807) is 0 Å². The van der Waals surface area contributed by atoms with Crippen LogP contribution in [0.2, 0.25) is 0 Å². The van der Waals surface area contributed by atoms with E-state index in [9.17, 15) is 0 Å². The van der Waals surface area contributed by atoms with Gasteiger partial charge < -0.3 is 0 Å². The van der Waals surface area contributed by atoms with Crippen molar-refractivity contribution in [1.29, 1.82) is 0 Å². The van der Waals surface area contributed by atoms with E-state index in [0.717, 1.165) is 0 Å². The van der Waals surface area contributed by atoms with Crippen molar-refractivity contribution in [1.82, 2.24) is 0 Å². The minimum absolute atomic E-state index is 0.0373. The Hall–Kier alpha value is -7.80. The van der Waals surface area contributed by atoms with Gasteiger partial charge in [-0.1, -0.05) is 191 Å². The van der Waals surface area contributed by atoms with E-state index in [2.05, 4.69) is 267 Å². The van der Waals surface area contributed by atoms with Gasteiger partial charge in [0.2, 0.25) is 0 Å². The Kier molecular flexibility index (Phi) is 9.62. The molecule has 0 N–H and O–H groups in total. The van der Waals surface area contributed by atoms with Crippen molar-refractivity contribution in [3.63, 3.8) is 0 Å². The van der Waals surface area contributed by atoms with Crippen LogP contribution in [0.5, 0.6) is 0 Å². The molecule has 0 aliphatic heterocycles. The Bertz CT molecular complexity index is 4140. The van der Waals surface area contributed by atoms with Gasteiger partial charge in [0.25, 0.3) is 0 Å². The van der Waals surface area contributed by atoms with Gasteiger partial charge in [0.05, 0.1) is 0 Å². The lowest BCUT2D eigenvalue weighted by Crippen LogP contribution is -2.16. The summed E-state index contributed by atoms with van der Waals surface area (Å²) < 4.78 is 0. The highest BCUT2D eigenvalue weighted by molar-refractivity contribution is 5.94. The van der Waals surface area contributed by atoms with E-state index in [1.807, 2.05) is 0 Å². The molecule has 0 heterocycles. The summed E-state index contributed by atoms with van der Waals surface area (Å²) in [5, 5.41) is 0. The molecule has 0 aromatic heterocycles. The molecule has 10 aromatic carbocycles. The second-order valence-corrected chi connectivity index (χ2v) is 27.1. The van der Waals surface area contributed by atoms with E-state index in [1.165, 1.54) is 178 Å². The molecule has 0 atom stereocenters. The Morgan fingerprint density at radius 3 is 0.646 bits per heavy atom. The van der Waals surface area contributed by atoms with Crippen LogP contribution < -0.4 is 0 Å². The van der Waals surface area contributed by atoms with E-state index < -0.39 is 0 Å². The Balaban J connectivity index is 0.735. The van der Waals surface area contributed by atoms with E-state index in [0.29, 0.717) is 0 Å². The summed E-state index contributed by atoms with van der Waals surface area (Å²) in [5.74, 6) is 0. The third-order valence-corrected chi connectivity index (χ3v) is 20.8. The average molecular weight is 1020 g/mol. The van der Waals surface area contributed by atoms with Crippen molar-refractivity contribution in [2.75, 3.05) is 0 Å². The lowest BCUT2D eigenvalue weighted by Gasteiger charge is -2.25. The molecule has 0 saturated heterocycles. The van der Waals surface area contributed by atoms with Gasteiger partial charge in [0.1, 0.15) is 0 Å². The average Bonchev–Trinajstić information content (AvgIpc) is 4.18. The van der Waals surface area contributed by atoms with Gasteiger partial charge in [-0.2, -0.15) is 0 Å². The number of benzene rings is 10. The predicted molar refractivity (Wildman–Crippen MR) is 335 cm³/mol. The molecule has 0 unspecified atom stereocenters. The van der Waals surface area contributed by atoms with E-state index >= 15 is 0 Å². The lowest BCUT2D eigenvalue weighted by molar-refractivity contribution is 0.659. The van der Waals surface area contributed by atoms with Gasteiger partial charge in [-0.05, 0) is 254 Å². The molecule has 0 bridgehead atoms. The fourth-order valence-electron chi connectivity index (χ4n) is 16.1. The molecular formula is C79H70. The summed E-state index contributed by atoms with van der Waals surface area (Å²) in [6.07, 6.45) is 0.